The molecule has 4 nitrogen and oxygen atoms in total. The van der Waals surface area contributed by atoms with Crippen molar-refractivity contribution in [3.63, 3.8) is 0 Å². The molecule has 1 aliphatic rings. The summed E-state index contributed by atoms with van der Waals surface area (Å²) in [5, 5.41) is 12.3. The number of aromatic hydroxyl groups is 1. The summed E-state index contributed by atoms with van der Waals surface area (Å²) >= 11 is 0. The lowest BCUT2D eigenvalue weighted by Crippen LogP contribution is -2.23. The van der Waals surface area contributed by atoms with Crippen LogP contribution in [0.1, 0.15) is 52.2 Å². The number of carbonyl (C=O) groups is 1. The molecule has 0 radical (unpaired) electrons. The topological polar surface area (TPSA) is 58.6 Å². The Morgan fingerprint density at radius 2 is 1.82 bits per heavy atom. The highest BCUT2D eigenvalue weighted by Gasteiger charge is 2.27. The minimum absolute atomic E-state index is 0.0496. The number of hydrogen-bond acceptors (Lipinski definition) is 3. The fraction of sp³-hybridized carbons (Fsp3) is 0.286. The van der Waals surface area contributed by atoms with Crippen molar-refractivity contribution in [2.24, 2.45) is 5.41 Å². The van der Waals surface area contributed by atoms with Gasteiger partial charge in [-0.1, -0.05) is 80.1 Å². The lowest BCUT2D eigenvalue weighted by Gasteiger charge is -2.32. The van der Waals surface area contributed by atoms with E-state index in [1.165, 1.54) is 22.3 Å². The van der Waals surface area contributed by atoms with E-state index in [9.17, 15) is 9.90 Å². The third kappa shape index (κ3) is 8.75. The van der Waals surface area contributed by atoms with Gasteiger partial charge in [-0.3, -0.25) is 4.79 Å². The van der Waals surface area contributed by atoms with E-state index in [1.807, 2.05) is 43.3 Å². The Balaban J connectivity index is 1.61. The van der Waals surface area contributed by atoms with Crippen molar-refractivity contribution >= 4 is 11.5 Å². The van der Waals surface area contributed by atoms with Gasteiger partial charge in [-0.05, 0) is 96.7 Å². The van der Waals surface area contributed by atoms with Crippen LogP contribution < -0.4 is 10.1 Å². The number of amides is 1. The van der Waals surface area contributed by atoms with Crippen molar-refractivity contribution < 1.29 is 14.6 Å². The lowest BCUT2D eigenvalue weighted by molar-refractivity contribution is -0.116. The van der Waals surface area contributed by atoms with Crippen molar-refractivity contribution in [1.82, 2.24) is 5.32 Å². The Hall–Kier alpha value is -4.05. The van der Waals surface area contributed by atoms with Crippen molar-refractivity contribution in [3.8, 4) is 11.5 Å². The molecule has 0 bridgehead atoms. The minimum Gasteiger partial charge on any atom is -0.508 e. The fourth-order valence-corrected chi connectivity index (χ4v) is 4.67. The van der Waals surface area contributed by atoms with E-state index in [-0.39, 0.29) is 17.1 Å². The number of benzene rings is 2. The number of nitrogens with one attached hydrogen (secondary N) is 1. The second-order valence-corrected chi connectivity index (χ2v) is 10.7. The summed E-state index contributed by atoms with van der Waals surface area (Å²) in [4.78, 5) is 12.2. The van der Waals surface area contributed by atoms with Gasteiger partial charge in [-0.2, -0.15) is 0 Å². The quantitative estimate of drug-likeness (QED) is 0.246. The zero-order chi connectivity index (χ0) is 28.4. The molecule has 0 unspecified atom stereocenters. The predicted octanol–water partition coefficient (Wildman–Crippen LogP) is 7.89. The number of hydrogen-bond donors (Lipinski definition) is 2. The monoisotopic (exact) mass is 523 g/mol. The molecule has 2 aromatic carbocycles. The van der Waals surface area contributed by atoms with Gasteiger partial charge >= 0.3 is 0 Å². The van der Waals surface area contributed by atoms with Crippen molar-refractivity contribution in [1.29, 1.82) is 0 Å². The average molecular weight is 524 g/mol. The molecule has 2 N–H and O–H groups in total. The number of ether oxygens (including phenoxy) is 1. The molecule has 0 spiro atoms. The Morgan fingerprint density at radius 3 is 2.54 bits per heavy atom. The molecule has 0 atom stereocenters. The molecule has 0 aliphatic heterocycles. The highest BCUT2D eigenvalue weighted by atomic mass is 16.5. The first-order valence-electron chi connectivity index (χ1n) is 13.4. The van der Waals surface area contributed by atoms with E-state index in [0.717, 1.165) is 28.9 Å². The first kappa shape index (κ1) is 29.5. The Morgan fingerprint density at radius 1 is 1.08 bits per heavy atom. The molecule has 0 heterocycles. The normalized spacial score (nSPS) is 16.1. The maximum Gasteiger partial charge on any atom is 0.244 e. The maximum absolute atomic E-state index is 12.2. The fourth-order valence-electron chi connectivity index (χ4n) is 4.67. The number of carbonyl (C=O) groups excluding carboxylic acids is 1. The van der Waals surface area contributed by atoms with Crippen molar-refractivity contribution in [2.45, 2.75) is 47.5 Å². The SMILES string of the molecule is COc1cccc(C2=CCC(C)(C)C(/C=C/C(C)=C/C=C/C(C)=C\C(=O)NCCc3ccc(O)cc3)=C2C)c1. The van der Waals surface area contributed by atoms with Crippen LogP contribution in [0.25, 0.3) is 5.57 Å². The smallest absolute Gasteiger partial charge is 0.244 e. The molecule has 1 amide bonds. The largest absolute Gasteiger partial charge is 0.508 e. The molecule has 204 valence electrons. The van der Waals surface area contributed by atoms with Crippen LogP contribution in [0, 0.1) is 5.41 Å². The Bertz CT molecular complexity index is 1350. The van der Waals surface area contributed by atoms with Crippen molar-refractivity contribution in [2.75, 3.05) is 13.7 Å². The minimum atomic E-state index is -0.113. The molecule has 0 saturated heterocycles. The summed E-state index contributed by atoms with van der Waals surface area (Å²) in [6.45, 7) is 11.3. The van der Waals surface area contributed by atoms with E-state index >= 15 is 0 Å². The van der Waals surface area contributed by atoms with Gasteiger partial charge in [-0.25, -0.2) is 0 Å². The molecule has 39 heavy (non-hydrogen) atoms. The number of phenolic OH excluding ortho intramolecular Hbond substituents is 1. The highest BCUT2D eigenvalue weighted by Crippen LogP contribution is 2.43. The molecule has 3 rings (SSSR count). The number of allylic oxidation sites excluding steroid dienone is 11. The van der Waals surface area contributed by atoms with Crippen LogP contribution in [-0.2, 0) is 11.2 Å². The van der Waals surface area contributed by atoms with Crippen molar-refractivity contribution in [3.05, 3.63) is 124 Å². The molecule has 2 aromatic rings. The summed E-state index contributed by atoms with van der Waals surface area (Å²) < 4.78 is 5.44. The molecule has 0 fully saturated rings. The van der Waals surface area contributed by atoms with Gasteiger partial charge in [0, 0.05) is 12.6 Å². The molecule has 1 aliphatic carbocycles. The maximum atomic E-state index is 12.2. The summed E-state index contributed by atoms with van der Waals surface area (Å²) in [5.74, 6) is 0.997. The molecule has 0 aromatic heterocycles. The van der Waals surface area contributed by atoms with Gasteiger partial charge in [0.25, 0.3) is 0 Å². The Kier molecular flexibility index (Phi) is 10.3. The predicted molar refractivity (Wildman–Crippen MR) is 163 cm³/mol. The summed E-state index contributed by atoms with van der Waals surface area (Å²) in [5.41, 5.74) is 8.18. The van der Waals surface area contributed by atoms with Gasteiger partial charge in [0.05, 0.1) is 7.11 Å². The molecular formula is C35H41NO3. The van der Waals surface area contributed by atoms with Crippen LogP contribution in [-0.4, -0.2) is 24.7 Å². The van der Waals surface area contributed by atoms with E-state index < -0.39 is 0 Å². The van der Waals surface area contributed by atoms with Crippen LogP contribution in [0.2, 0.25) is 0 Å². The molecule has 0 saturated carbocycles. The summed E-state index contributed by atoms with van der Waals surface area (Å²) in [6, 6.07) is 15.3. The number of phenols is 1. The van der Waals surface area contributed by atoms with Gasteiger partial charge in [-0.15, -0.1) is 0 Å². The standard InChI is InChI=1S/C35H41NO3/c1-25(9-7-10-26(2)23-34(38)36-22-20-28-14-16-30(37)17-15-28)13-18-33-27(3)32(19-21-35(33,4)5)29-11-8-12-31(24-29)39-6/h7-19,23-24,37H,20-22H2,1-6H3,(H,36,38)/b10-7+,18-13+,25-9+,26-23-. The zero-order valence-electron chi connectivity index (χ0n) is 24.0. The van der Waals surface area contributed by atoms with Crippen LogP contribution in [0.4, 0.5) is 0 Å². The van der Waals surface area contributed by atoms with Crippen LogP contribution in [0.3, 0.4) is 0 Å². The summed E-state index contributed by atoms with van der Waals surface area (Å²) in [6.07, 6.45) is 16.0. The highest BCUT2D eigenvalue weighted by molar-refractivity contribution is 5.88. The number of rotatable bonds is 10. The van der Waals surface area contributed by atoms with Crippen LogP contribution in [0.15, 0.2) is 113 Å². The number of methoxy groups -OCH3 is 1. The lowest BCUT2D eigenvalue weighted by atomic mass is 9.72. The van der Waals surface area contributed by atoms with Gasteiger partial charge in [0.2, 0.25) is 5.91 Å². The van der Waals surface area contributed by atoms with Crippen LogP contribution >= 0.6 is 0 Å². The first-order valence-corrected chi connectivity index (χ1v) is 13.4. The summed E-state index contributed by atoms with van der Waals surface area (Å²) in [7, 11) is 1.70. The molecular weight excluding hydrogens is 482 g/mol. The van der Waals surface area contributed by atoms with Gasteiger partial charge in [0.15, 0.2) is 0 Å². The first-order chi connectivity index (χ1) is 18.6. The van der Waals surface area contributed by atoms with E-state index in [1.54, 1.807) is 25.3 Å². The van der Waals surface area contributed by atoms with Gasteiger partial charge in [0.1, 0.15) is 11.5 Å². The van der Waals surface area contributed by atoms with E-state index in [4.69, 9.17) is 4.74 Å². The third-order valence-electron chi connectivity index (χ3n) is 6.97. The second kappa shape index (κ2) is 13.7. The van der Waals surface area contributed by atoms with E-state index in [0.29, 0.717) is 13.0 Å². The zero-order valence-corrected chi connectivity index (χ0v) is 24.0. The third-order valence-corrected chi connectivity index (χ3v) is 6.97. The second-order valence-electron chi connectivity index (χ2n) is 10.7. The van der Waals surface area contributed by atoms with Crippen LogP contribution in [0.5, 0.6) is 11.5 Å². The van der Waals surface area contributed by atoms with E-state index in [2.05, 4.69) is 69.4 Å². The average Bonchev–Trinajstić information content (AvgIpc) is 2.89. The van der Waals surface area contributed by atoms with Gasteiger partial charge < -0.3 is 15.2 Å². The Labute approximate surface area is 233 Å². The molecule has 4 heteroatoms.